The van der Waals surface area contributed by atoms with Crippen molar-refractivity contribution in [2.75, 3.05) is 20.1 Å². The maximum Gasteiger partial charge on any atom is 0.223 e. The maximum atomic E-state index is 11.8. The molecule has 0 saturated heterocycles. The van der Waals surface area contributed by atoms with Crippen LogP contribution in [0.3, 0.4) is 0 Å². The topological polar surface area (TPSA) is 41.1 Å². The lowest BCUT2D eigenvalue weighted by molar-refractivity contribution is -0.122. The van der Waals surface area contributed by atoms with Crippen LogP contribution in [-0.4, -0.2) is 26.0 Å². The molecule has 2 N–H and O–H groups in total. The van der Waals surface area contributed by atoms with Gasteiger partial charge in [-0.25, -0.2) is 0 Å². The van der Waals surface area contributed by atoms with Crippen molar-refractivity contribution in [2.24, 2.45) is 5.92 Å². The Morgan fingerprint density at radius 2 is 2.29 bits per heavy atom. The largest absolute Gasteiger partial charge is 0.355 e. The van der Waals surface area contributed by atoms with Crippen LogP contribution in [0.1, 0.15) is 17.9 Å². The highest BCUT2D eigenvalue weighted by atomic mass is 79.9. The van der Waals surface area contributed by atoms with Gasteiger partial charge in [0.2, 0.25) is 5.91 Å². The first kappa shape index (κ1) is 12.6. The molecule has 1 fully saturated rings. The second-order valence-corrected chi connectivity index (χ2v) is 5.31. The van der Waals surface area contributed by atoms with E-state index in [9.17, 15) is 4.79 Å². The minimum absolute atomic E-state index is 0.168. The number of amides is 1. The Kier molecular flexibility index (Phi) is 4.18. The van der Waals surface area contributed by atoms with Gasteiger partial charge in [-0.15, -0.1) is 0 Å². The second-order valence-electron chi connectivity index (χ2n) is 4.40. The Balaban J connectivity index is 1.85. The van der Waals surface area contributed by atoms with Gasteiger partial charge >= 0.3 is 0 Å². The van der Waals surface area contributed by atoms with Crippen LogP contribution in [0.5, 0.6) is 0 Å². The quantitative estimate of drug-likeness (QED) is 0.815. The zero-order chi connectivity index (χ0) is 12.3. The number of hydrogen-bond acceptors (Lipinski definition) is 2. The fourth-order valence-electron chi connectivity index (χ4n) is 2.03. The fraction of sp³-hybridized carbons (Fsp3) is 0.462. The molecule has 1 amide bonds. The van der Waals surface area contributed by atoms with Gasteiger partial charge in [0, 0.05) is 23.5 Å². The van der Waals surface area contributed by atoms with Gasteiger partial charge in [-0.3, -0.25) is 4.79 Å². The summed E-state index contributed by atoms with van der Waals surface area (Å²) in [6.45, 7) is 1.52. The molecule has 2 unspecified atom stereocenters. The molecule has 1 aliphatic rings. The van der Waals surface area contributed by atoms with Crippen molar-refractivity contribution < 1.29 is 4.79 Å². The molecule has 4 heteroatoms. The Morgan fingerprint density at radius 3 is 3.00 bits per heavy atom. The lowest BCUT2D eigenvalue weighted by Gasteiger charge is -2.04. The van der Waals surface area contributed by atoms with Gasteiger partial charge in [0.1, 0.15) is 0 Å². The first-order valence-corrected chi connectivity index (χ1v) is 6.69. The third kappa shape index (κ3) is 3.30. The number of benzene rings is 1. The molecule has 0 bridgehead atoms. The van der Waals surface area contributed by atoms with Crippen LogP contribution in [0.15, 0.2) is 28.7 Å². The number of hydrogen-bond donors (Lipinski definition) is 2. The maximum absolute atomic E-state index is 11.8. The van der Waals surface area contributed by atoms with Gasteiger partial charge in [-0.05, 0) is 37.1 Å². The molecule has 1 aliphatic carbocycles. The van der Waals surface area contributed by atoms with Crippen LogP contribution < -0.4 is 10.6 Å². The van der Waals surface area contributed by atoms with Crippen molar-refractivity contribution in [3.05, 3.63) is 34.3 Å². The Bertz CT molecular complexity index is 408. The third-order valence-electron chi connectivity index (χ3n) is 3.08. The molecule has 92 valence electrons. The third-order valence-corrected chi connectivity index (χ3v) is 3.57. The van der Waals surface area contributed by atoms with Crippen molar-refractivity contribution in [1.29, 1.82) is 0 Å². The van der Waals surface area contributed by atoms with E-state index in [1.807, 2.05) is 19.2 Å². The molecule has 1 aromatic rings. The molecule has 1 saturated carbocycles. The number of carbonyl (C=O) groups is 1. The SMILES string of the molecule is CNCCNC(=O)C1CC1c1cccc(Br)c1. The molecule has 0 aliphatic heterocycles. The summed E-state index contributed by atoms with van der Waals surface area (Å²) >= 11 is 3.46. The van der Waals surface area contributed by atoms with Crippen molar-refractivity contribution in [2.45, 2.75) is 12.3 Å². The average molecular weight is 297 g/mol. The lowest BCUT2D eigenvalue weighted by Crippen LogP contribution is -2.31. The van der Waals surface area contributed by atoms with Crippen LogP contribution >= 0.6 is 15.9 Å². The molecular weight excluding hydrogens is 280 g/mol. The Labute approximate surface area is 110 Å². The predicted molar refractivity (Wildman–Crippen MR) is 71.9 cm³/mol. The van der Waals surface area contributed by atoms with E-state index in [4.69, 9.17) is 0 Å². The Hall–Kier alpha value is -0.870. The van der Waals surface area contributed by atoms with Gasteiger partial charge in [0.25, 0.3) is 0 Å². The molecule has 0 heterocycles. The summed E-state index contributed by atoms with van der Waals surface area (Å²) in [4.78, 5) is 11.8. The van der Waals surface area contributed by atoms with E-state index >= 15 is 0 Å². The van der Waals surface area contributed by atoms with Gasteiger partial charge in [0.05, 0.1) is 0 Å². The normalized spacial score (nSPS) is 22.2. The molecule has 0 spiro atoms. The first-order valence-electron chi connectivity index (χ1n) is 5.90. The molecule has 0 radical (unpaired) electrons. The highest BCUT2D eigenvalue weighted by Crippen LogP contribution is 2.47. The van der Waals surface area contributed by atoms with Crippen LogP contribution in [0, 0.1) is 5.92 Å². The number of halogens is 1. The molecule has 3 nitrogen and oxygen atoms in total. The van der Waals surface area contributed by atoms with Crippen LogP contribution in [0.4, 0.5) is 0 Å². The summed E-state index contributed by atoms with van der Waals surface area (Å²) in [5.74, 6) is 0.758. The van der Waals surface area contributed by atoms with Gasteiger partial charge in [-0.2, -0.15) is 0 Å². The van der Waals surface area contributed by atoms with E-state index < -0.39 is 0 Å². The van der Waals surface area contributed by atoms with E-state index in [1.165, 1.54) is 5.56 Å². The molecule has 2 atom stereocenters. The Morgan fingerprint density at radius 1 is 1.47 bits per heavy atom. The van der Waals surface area contributed by atoms with E-state index in [0.717, 1.165) is 17.4 Å². The lowest BCUT2D eigenvalue weighted by atomic mass is 10.1. The predicted octanol–water partition coefficient (Wildman–Crippen LogP) is 1.89. The van der Waals surface area contributed by atoms with E-state index in [-0.39, 0.29) is 11.8 Å². The molecule has 0 aromatic heterocycles. The monoisotopic (exact) mass is 296 g/mol. The summed E-state index contributed by atoms with van der Waals surface area (Å²) in [7, 11) is 1.88. The van der Waals surface area contributed by atoms with Crippen LogP contribution in [0.2, 0.25) is 0 Å². The molecule has 2 rings (SSSR count). The molecule has 1 aromatic carbocycles. The van der Waals surface area contributed by atoms with E-state index in [1.54, 1.807) is 0 Å². The van der Waals surface area contributed by atoms with Crippen molar-refractivity contribution in [1.82, 2.24) is 10.6 Å². The van der Waals surface area contributed by atoms with Gasteiger partial charge in [0.15, 0.2) is 0 Å². The summed E-state index contributed by atoms with van der Waals surface area (Å²) < 4.78 is 1.08. The summed E-state index contributed by atoms with van der Waals surface area (Å²) in [6.07, 6.45) is 0.974. The number of likely N-dealkylation sites (N-methyl/N-ethyl adjacent to an activating group) is 1. The van der Waals surface area contributed by atoms with Crippen LogP contribution in [-0.2, 0) is 4.79 Å². The highest BCUT2D eigenvalue weighted by Gasteiger charge is 2.43. The van der Waals surface area contributed by atoms with Gasteiger partial charge < -0.3 is 10.6 Å². The van der Waals surface area contributed by atoms with Crippen molar-refractivity contribution in [3.63, 3.8) is 0 Å². The van der Waals surface area contributed by atoms with Crippen molar-refractivity contribution in [3.8, 4) is 0 Å². The molecular formula is C13H17BrN2O. The molecule has 17 heavy (non-hydrogen) atoms. The standard InChI is InChI=1S/C13H17BrN2O/c1-15-5-6-16-13(17)12-8-11(12)9-3-2-4-10(14)7-9/h2-4,7,11-12,15H,5-6,8H2,1H3,(H,16,17). The minimum Gasteiger partial charge on any atom is -0.355 e. The zero-order valence-electron chi connectivity index (χ0n) is 9.87. The van der Waals surface area contributed by atoms with Gasteiger partial charge in [-0.1, -0.05) is 28.1 Å². The van der Waals surface area contributed by atoms with Crippen LogP contribution in [0.25, 0.3) is 0 Å². The summed E-state index contributed by atoms with van der Waals surface area (Å²) in [5, 5.41) is 5.96. The fourth-order valence-corrected chi connectivity index (χ4v) is 2.45. The number of nitrogens with one attached hydrogen (secondary N) is 2. The second kappa shape index (κ2) is 5.65. The average Bonchev–Trinajstić information content (AvgIpc) is 3.09. The minimum atomic E-state index is 0.168. The van der Waals surface area contributed by atoms with E-state index in [2.05, 4.69) is 38.7 Å². The summed E-state index contributed by atoms with van der Waals surface area (Å²) in [5.41, 5.74) is 1.26. The zero-order valence-corrected chi connectivity index (χ0v) is 11.5. The summed E-state index contributed by atoms with van der Waals surface area (Å²) in [6, 6.07) is 8.23. The first-order chi connectivity index (χ1) is 8.22. The number of carbonyl (C=O) groups excluding carboxylic acids is 1. The highest BCUT2D eigenvalue weighted by molar-refractivity contribution is 9.10. The smallest absolute Gasteiger partial charge is 0.223 e. The van der Waals surface area contributed by atoms with Crippen molar-refractivity contribution >= 4 is 21.8 Å². The van der Waals surface area contributed by atoms with E-state index in [0.29, 0.717) is 12.5 Å². The number of rotatable bonds is 5.